The molecule has 0 aliphatic carbocycles. The van der Waals surface area contributed by atoms with Gasteiger partial charge in [0.1, 0.15) is 0 Å². The van der Waals surface area contributed by atoms with E-state index in [1.54, 1.807) is 24.1 Å². The summed E-state index contributed by atoms with van der Waals surface area (Å²) in [6.45, 7) is 3.62. The second kappa shape index (κ2) is 11.5. The van der Waals surface area contributed by atoms with Gasteiger partial charge in [0.05, 0.1) is 15.1 Å². The van der Waals surface area contributed by atoms with E-state index >= 15 is 0 Å². The van der Waals surface area contributed by atoms with Gasteiger partial charge in [-0.3, -0.25) is 9.69 Å². The molecule has 0 aliphatic rings. The van der Waals surface area contributed by atoms with E-state index in [1.807, 2.05) is 69.6 Å². The van der Waals surface area contributed by atoms with Gasteiger partial charge >= 0.3 is 0 Å². The van der Waals surface area contributed by atoms with Crippen molar-refractivity contribution in [2.75, 3.05) is 39.1 Å². The molecule has 3 aromatic carbocycles. The summed E-state index contributed by atoms with van der Waals surface area (Å²) in [5.74, 6) is -0.197. The second-order valence-electron chi connectivity index (χ2n) is 9.30. The van der Waals surface area contributed by atoms with Crippen molar-refractivity contribution in [2.24, 2.45) is 0 Å². The van der Waals surface area contributed by atoms with Crippen LogP contribution in [0.3, 0.4) is 0 Å². The number of aromatic nitrogens is 1. The minimum Gasteiger partial charge on any atom is -0.309 e. The van der Waals surface area contributed by atoms with Crippen LogP contribution in [-0.2, 0) is 16.6 Å². The molecule has 194 valence electrons. The van der Waals surface area contributed by atoms with Gasteiger partial charge in [-0.1, -0.05) is 53.8 Å². The normalized spacial score (nSPS) is 11.9. The van der Waals surface area contributed by atoms with E-state index in [9.17, 15) is 13.2 Å². The minimum atomic E-state index is -3.71. The SMILES string of the molecule is Cc1cccc2sc(N(CCCN(C)C)C(=O)c3ccc(S(=O)(=O)N(C)Cc4ccccc4)cc3)nc12. The first-order chi connectivity index (χ1) is 17.7. The van der Waals surface area contributed by atoms with Gasteiger partial charge in [0.2, 0.25) is 10.0 Å². The minimum absolute atomic E-state index is 0.150. The van der Waals surface area contributed by atoms with E-state index in [4.69, 9.17) is 4.98 Å². The summed E-state index contributed by atoms with van der Waals surface area (Å²) in [6, 6.07) is 21.6. The fraction of sp³-hybridized carbons (Fsp3) is 0.286. The van der Waals surface area contributed by atoms with Crippen LogP contribution < -0.4 is 4.90 Å². The maximum absolute atomic E-state index is 13.6. The van der Waals surface area contributed by atoms with Gasteiger partial charge in [0, 0.05) is 25.7 Å². The van der Waals surface area contributed by atoms with Crippen molar-refractivity contribution in [3.8, 4) is 0 Å². The molecule has 4 rings (SSSR count). The molecular formula is C28H32N4O3S2. The van der Waals surface area contributed by atoms with Crippen molar-refractivity contribution in [2.45, 2.75) is 24.8 Å². The molecule has 7 nitrogen and oxygen atoms in total. The summed E-state index contributed by atoms with van der Waals surface area (Å²) in [5.41, 5.74) is 3.29. The zero-order valence-corrected chi connectivity index (χ0v) is 23.2. The van der Waals surface area contributed by atoms with Gasteiger partial charge in [-0.25, -0.2) is 13.4 Å². The number of hydrogen-bond acceptors (Lipinski definition) is 6. The van der Waals surface area contributed by atoms with Crippen molar-refractivity contribution in [1.82, 2.24) is 14.2 Å². The van der Waals surface area contributed by atoms with Gasteiger partial charge in [-0.05, 0) is 75.4 Å². The number of thiazole rings is 1. The Kier molecular flexibility index (Phi) is 8.39. The zero-order chi connectivity index (χ0) is 26.6. The molecule has 0 unspecified atom stereocenters. The Balaban J connectivity index is 1.58. The fourth-order valence-corrected chi connectivity index (χ4v) is 6.28. The summed E-state index contributed by atoms with van der Waals surface area (Å²) in [4.78, 5) is 22.4. The predicted octanol–water partition coefficient (Wildman–Crippen LogP) is 5.02. The third-order valence-corrected chi connectivity index (χ3v) is 8.99. The Bertz CT molecular complexity index is 1470. The molecule has 9 heteroatoms. The number of fused-ring (bicyclic) bond motifs is 1. The van der Waals surface area contributed by atoms with Gasteiger partial charge in [0.25, 0.3) is 5.91 Å². The highest BCUT2D eigenvalue weighted by atomic mass is 32.2. The second-order valence-corrected chi connectivity index (χ2v) is 12.4. The lowest BCUT2D eigenvalue weighted by Crippen LogP contribution is -2.33. The third kappa shape index (κ3) is 6.24. The van der Waals surface area contributed by atoms with Crippen LogP contribution >= 0.6 is 11.3 Å². The van der Waals surface area contributed by atoms with Crippen molar-refractivity contribution >= 4 is 42.6 Å². The zero-order valence-electron chi connectivity index (χ0n) is 21.6. The van der Waals surface area contributed by atoms with Crippen LogP contribution in [0, 0.1) is 6.92 Å². The van der Waals surface area contributed by atoms with Crippen LogP contribution in [0.2, 0.25) is 0 Å². The molecule has 1 amide bonds. The lowest BCUT2D eigenvalue weighted by Gasteiger charge is -2.21. The van der Waals surface area contributed by atoms with Crippen LogP contribution in [0.5, 0.6) is 0 Å². The summed E-state index contributed by atoms with van der Waals surface area (Å²) < 4.78 is 28.6. The number of nitrogens with zero attached hydrogens (tertiary/aromatic N) is 4. The quantitative estimate of drug-likeness (QED) is 0.284. The number of hydrogen-bond donors (Lipinski definition) is 0. The van der Waals surface area contributed by atoms with E-state index in [0.717, 1.165) is 34.3 Å². The maximum atomic E-state index is 13.6. The molecule has 0 fully saturated rings. The number of sulfonamides is 1. The smallest absolute Gasteiger partial charge is 0.260 e. The molecule has 0 radical (unpaired) electrons. The van der Waals surface area contributed by atoms with Crippen LogP contribution in [0.25, 0.3) is 10.2 Å². The first kappa shape index (κ1) is 26.9. The molecule has 0 atom stereocenters. The molecule has 0 saturated carbocycles. The molecule has 0 N–H and O–H groups in total. The lowest BCUT2D eigenvalue weighted by atomic mass is 10.2. The molecule has 0 bridgehead atoms. The molecule has 1 heterocycles. The van der Waals surface area contributed by atoms with Gasteiger partial charge in [-0.2, -0.15) is 4.31 Å². The number of anilines is 1. The standard InChI is InChI=1S/C28H32N4O3S2/c1-21-10-8-13-25-26(21)29-28(36-25)32(19-9-18-30(2)3)27(33)23-14-16-24(17-15-23)37(34,35)31(4)20-22-11-6-5-7-12-22/h5-8,10-17H,9,18-20H2,1-4H3. The summed E-state index contributed by atoms with van der Waals surface area (Å²) >= 11 is 1.49. The number of para-hydroxylation sites is 1. The molecule has 0 aliphatic heterocycles. The summed E-state index contributed by atoms with van der Waals surface area (Å²) in [7, 11) is 1.86. The van der Waals surface area contributed by atoms with Crippen molar-refractivity contribution in [3.05, 3.63) is 89.5 Å². The summed E-state index contributed by atoms with van der Waals surface area (Å²) in [6.07, 6.45) is 0.782. The summed E-state index contributed by atoms with van der Waals surface area (Å²) in [5, 5.41) is 0.646. The van der Waals surface area contributed by atoms with Crippen molar-refractivity contribution < 1.29 is 13.2 Å². The average molecular weight is 537 g/mol. The largest absolute Gasteiger partial charge is 0.309 e. The Morgan fingerprint density at radius 2 is 1.59 bits per heavy atom. The number of rotatable bonds is 10. The molecule has 0 saturated heterocycles. The molecule has 4 aromatic rings. The number of aryl methyl sites for hydroxylation is 1. The van der Waals surface area contributed by atoms with Crippen molar-refractivity contribution in [1.29, 1.82) is 0 Å². The van der Waals surface area contributed by atoms with E-state index in [0.29, 0.717) is 17.2 Å². The highest BCUT2D eigenvalue weighted by molar-refractivity contribution is 7.89. The average Bonchev–Trinajstić information content (AvgIpc) is 3.32. The Labute approximate surface area is 223 Å². The number of benzene rings is 3. The fourth-order valence-electron chi connectivity index (χ4n) is 4.05. The van der Waals surface area contributed by atoms with Crippen LogP contribution in [0.15, 0.2) is 77.7 Å². The van der Waals surface area contributed by atoms with E-state index in [2.05, 4.69) is 4.90 Å². The highest BCUT2D eigenvalue weighted by Gasteiger charge is 2.24. The number of carbonyl (C=O) groups is 1. The predicted molar refractivity (Wildman–Crippen MR) is 151 cm³/mol. The first-order valence-corrected chi connectivity index (χ1v) is 14.4. The molecule has 37 heavy (non-hydrogen) atoms. The third-order valence-electron chi connectivity index (χ3n) is 6.13. The van der Waals surface area contributed by atoms with E-state index in [-0.39, 0.29) is 17.3 Å². The molecular weight excluding hydrogens is 504 g/mol. The maximum Gasteiger partial charge on any atom is 0.260 e. The van der Waals surface area contributed by atoms with E-state index in [1.165, 1.54) is 27.8 Å². The number of amides is 1. The van der Waals surface area contributed by atoms with Crippen molar-refractivity contribution in [3.63, 3.8) is 0 Å². The first-order valence-electron chi connectivity index (χ1n) is 12.1. The Hall–Kier alpha value is -3.11. The number of carbonyl (C=O) groups excluding carboxylic acids is 1. The molecule has 0 spiro atoms. The molecule has 1 aromatic heterocycles. The Morgan fingerprint density at radius 3 is 2.24 bits per heavy atom. The Morgan fingerprint density at radius 1 is 0.892 bits per heavy atom. The monoisotopic (exact) mass is 536 g/mol. The van der Waals surface area contributed by atoms with Gasteiger partial charge in [0.15, 0.2) is 5.13 Å². The highest BCUT2D eigenvalue weighted by Crippen LogP contribution is 2.31. The van der Waals surface area contributed by atoms with Gasteiger partial charge in [-0.15, -0.1) is 0 Å². The topological polar surface area (TPSA) is 73.8 Å². The van der Waals surface area contributed by atoms with Crippen LogP contribution in [0.1, 0.15) is 27.9 Å². The lowest BCUT2D eigenvalue weighted by molar-refractivity contribution is 0.0986. The van der Waals surface area contributed by atoms with Crippen LogP contribution in [-0.4, -0.2) is 62.7 Å². The van der Waals surface area contributed by atoms with Crippen LogP contribution in [0.4, 0.5) is 5.13 Å². The van der Waals surface area contributed by atoms with E-state index < -0.39 is 10.0 Å². The van der Waals surface area contributed by atoms with Gasteiger partial charge < -0.3 is 4.90 Å².